The minimum Gasteiger partial charge on any atom is -0.506 e. The lowest BCUT2D eigenvalue weighted by Gasteiger charge is -2.10. The second kappa shape index (κ2) is 8.24. The molecular formula is C16H12Br2N2O2S. The summed E-state index contributed by atoms with van der Waals surface area (Å²) in [7, 11) is 0. The van der Waals surface area contributed by atoms with Crippen molar-refractivity contribution in [3.05, 3.63) is 63.0 Å². The van der Waals surface area contributed by atoms with E-state index in [9.17, 15) is 9.90 Å². The molecule has 0 fully saturated rings. The number of nitrogens with one attached hydrogen (secondary N) is 2. The van der Waals surface area contributed by atoms with Crippen molar-refractivity contribution in [3.8, 4) is 5.75 Å². The molecule has 2 rings (SSSR count). The lowest BCUT2D eigenvalue weighted by Crippen LogP contribution is -2.32. The molecule has 23 heavy (non-hydrogen) atoms. The number of anilines is 1. The van der Waals surface area contributed by atoms with Crippen molar-refractivity contribution in [1.82, 2.24) is 5.32 Å². The fraction of sp³-hybridized carbons (Fsp3) is 0. The molecule has 3 N–H and O–H groups in total. The van der Waals surface area contributed by atoms with E-state index in [-0.39, 0.29) is 16.8 Å². The first-order valence-corrected chi connectivity index (χ1v) is 8.48. The Balaban J connectivity index is 1.94. The number of carbonyl (C=O) groups is 1. The number of thiocarbonyl (C=S) groups is 1. The largest absolute Gasteiger partial charge is 0.506 e. The zero-order valence-electron chi connectivity index (χ0n) is 11.7. The van der Waals surface area contributed by atoms with Gasteiger partial charge in [-0.05, 0) is 67.8 Å². The molecule has 2 aromatic rings. The number of hydrogen-bond acceptors (Lipinski definition) is 3. The van der Waals surface area contributed by atoms with E-state index in [1.54, 1.807) is 18.2 Å². The first-order valence-electron chi connectivity index (χ1n) is 6.49. The maximum Gasteiger partial charge on any atom is 0.250 e. The molecule has 2 aromatic carbocycles. The van der Waals surface area contributed by atoms with Gasteiger partial charge in [-0.2, -0.15) is 0 Å². The second-order valence-electron chi connectivity index (χ2n) is 4.48. The number of hydrogen-bond donors (Lipinski definition) is 3. The van der Waals surface area contributed by atoms with E-state index in [1.807, 2.05) is 30.3 Å². The highest BCUT2D eigenvalue weighted by Crippen LogP contribution is 2.35. The van der Waals surface area contributed by atoms with Gasteiger partial charge in [0, 0.05) is 11.8 Å². The van der Waals surface area contributed by atoms with E-state index in [4.69, 9.17) is 12.2 Å². The van der Waals surface area contributed by atoms with Gasteiger partial charge in [0.05, 0.1) is 8.95 Å². The van der Waals surface area contributed by atoms with Crippen molar-refractivity contribution in [2.24, 2.45) is 0 Å². The molecule has 0 heterocycles. The summed E-state index contributed by atoms with van der Waals surface area (Å²) in [4.78, 5) is 11.8. The molecule has 1 amide bonds. The first kappa shape index (κ1) is 17.7. The summed E-state index contributed by atoms with van der Waals surface area (Å²) in [6, 6.07) is 12.8. The number of benzene rings is 2. The highest BCUT2D eigenvalue weighted by molar-refractivity contribution is 9.11. The molecule has 0 aliphatic rings. The minimum atomic E-state index is -0.330. The van der Waals surface area contributed by atoms with E-state index in [2.05, 4.69) is 42.5 Å². The van der Waals surface area contributed by atoms with Gasteiger partial charge >= 0.3 is 0 Å². The Labute approximate surface area is 155 Å². The standard InChI is InChI=1S/C16H12Br2N2O2S/c17-12-8-11(9-13(18)15(12)22)19-16(23)20-14(21)7-6-10-4-2-1-3-5-10/h1-9,22H,(H2,19,20,21,23)/b7-6+. The molecule has 0 aliphatic carbocycles. The summed E-state index contributed by atoms with van der Waals surface area (Å²) >= 11 is 11.5. The van der Waals surface area contributed by atoms with Crippen molar-refractivity contribution < 1.29 is 9.90 Å². The third-order valence-corrected chi connectivity index (χ3v) is 4.15. The van der Waals surface area contributed by atoms with Crippen molar-refractivity contribution in [2.75, 3.05) is 5.32 Å². The van der Waals surface area contributed by atoms with E-state index >= 15 is 0 Å². The Kier molecular flexibility index (Phi) is 6.32. The fourth-order valence-corrected chi connectivity index (χ4v) is 3.09. The predicted molar refractivity (Wildman–Crippen MR) is 103 cm³/mol. The smallest absolute Gasteiger partial charge is 0.250 e. The van der Waals surface area contributed by atoms with Crippen LogP contribution in [0.25, 0.3) is 6.08 Å². The molecule has 0 bridgehead atoms. The molecule has 0 aliphatic heterocycles. The average Bonchev–Trinajstić information content (AvgIpc) is 2.51. The average molecular weight is 456 g/mol. The number of phenolic OH excluding ortho intramolecular Hbond substituents is 1. The maximum absolute atomic E-state index is 11.8. The van der Waals surface area contributed by atoms with E-state index < -0.39 is 0 Å². The topological polar surface area (TPSA) is 61.4 Å². The fourth-order valence-electron chi connectivity index (χ4n) is 1.69. The van der Waals surface area contributed by atoms with Gasteiger partial charge in [0.1, 0.15) is 5.75 Å². The molecule has 0 saturated carbocycles. The van der Waals surface area contributed by atoms with Gasteiger partial charge in [0.2, 0.25) is 5.91 Å². The maximum atomic E-state index is 11.8. The SMILES string of the molecule is O=C(/C=C/c1ccccc1)NC(=S)Nc1cc(Br)c(O)c(Br)c1. The van der Waals surface area contributed by atoms with Crippen molar-refractivity contribution in [2.45, 2.75) is 0 Å². The van der Waals surface area contributed by atoms with Crippen LogP contribution in [-0.2, 0) is 4.79 Å². The molecular weight excluding hydrogens is 444 g/mol. The van der Waals surface area contributed by atoms with Crippen LogP contribution in [-0.4, -0.2) is 16.1 Å². The summed E-state index contributed by atoms with van der Waals surface area (Å²) in [6.45, 7) is 0. The monoisotopic (exact) mass is 454 g/mol. The van der Waals surface area contributed by atoms with Crippen LogP contribution >= 0.6 is 44.1 Å². The summed E-state index contributed by atoms with van der Waals surface area (Å²) in [5.41, 5.74) is 1.55. The highest BCUT2D eigenvalue weighted by atomic mass is 79.9. The highest BCUT2D eigenvalue weighted by Gasteiger charge is 2.07. The van der Waals surface area contributed by atoms with Gasteiger partial charge in [0.25, 0.3) is 0 Å². The van der Waals surface area contributed by atoms with Crippen molar-refractivity contribution in [1.29, 1.82) is 0 Å². The molecule has 0 aromatic heterocycles. The van der Waals surface area contributed by atoms with Gasteiger partial charge < -0.3 is 10.4 Å². The Hall–Kier alpha value is -1.70. The summed E-state index contributed by atoms with van der Waals surface area (Å²) in [6.07, 6.45) is 3.11. The third kappa shape index (κ3) is 5.46. The van der Waals surface area contributed by atoms with Crippen molar-refractivity contribution >= 4 is 66.9 Å². The summed E-state index contributed by atoms with van der Waals surface area (Å²) in [5, 5.41) is 15.2. The molecule has 118 valence electrons. The summed E-state index contributed by atoms with van der Waals surface area (Å²) in [5.74, 6) is -0.237. The van der Waals surface area contributed by atoms with Crippen LogP contribution in [0.2, 0.25) is 0 Å². The number of carbonyl (C=O) groups excluding carboxylic acids is 1. The van der Waals surface area contributed by atoms with Crippen LogP contribution in [0.1, 0.15) is 5.56 Å². The molecule has 0 radical (unpaired) electrons. The molecule has 0 atom stereocenters. The van der Waals surface area contributed by atoms with E-state index in [0.29, 0.717) is 14.6 Å². The zero-order chi connectivity index (χ0) is 16.8. The van der Waals surface area contributed by atoms with Crippen LogP contribution < -0.4 is 10.6 Å². The van der Waals surface area contributed by atoms with E-state index in [1.165, 1.54) is 6.08 Å². The summed E-state index contributed by atoms with van der Waals surface area (Å²) < 4.78 is 1.01. The molecule has 7 heteroatoms. The number of phenols is 1. The molecule has 0 unspecified atom stereocenters. The lowest BCUT2D eigenvalue weighted by molar-refractivity contribution is -0.115. The number of amides is 1. The number of aromatic hydroxyl groups is 1. The first-order chi connectivity index (χ1) is 11.0. The lowest BCUT2D eigenvalue weighted by atomic mass is 10.2. The van der Waals surface area contributed by atoms with Gasteiger partial charge in [0.15, 0.2) is 5.11 Å². The van der Waals surface area contributed by atoms with Crippen LogP contribution in [0.3, 0.4) is 0 Å². The van der Waals surface area contributed by atoms with Gasteiger partial charge in [-0.1, -0.05) is 30.3 Å². The molecule has 4 nitrogen and oxygen atoms in total. The zero-order valence-corrected chi connectivity index (χ0v) is 15.7. The van der Waals surface area contributed by atoms with Crippen LogP contribution in [0.15, 0.2) is 57.5 Å². The van der Waals surface area contributed by atoms with Crippen LogP contribution in [0.4, 0.5) is 5.69 Å². The molecule has 0 saturated heterocycles. The van der Waals surface area contributed by atoms with Gasteiger partial charge in [-0.25, -0.2) is 0 Å². The van der Waals surface area contributed by atoms with Crippen LogP contribution in [0, 0.1) is 0 Å². The van der Waals surface area contributed by atoms with Crippen molar-refractivity contribution in [3.63, 3.8) is 0 Å². The van der Waals surface area contributed by atoms with Gasteiger partial charge in [-0.3, -0.25) is 10.1 Å². The number of halogens is 2. The Morgan fingerprint density at radius 1 is 1.13 bits per heavy atom. The Bertz CT molecular complexity index is 741. The quantitative estimate of drug-likeness (QED) is 0.363. The second-order valence-corrected chi connectivity index (χ2v) is 6.59. The number of rotatable bonds is 3. The minimum absolute atomic E-state index is 0.0938. The predicted octanol–water partition coefficient (Wildman–Crippen LogP) is 4.44. The van der Waals surface area contributed by atoms with Gasteiger partial charge in [-0.15, -0.1) is 0 Å². The van der Waals surface area contributed by atoms with E-state index in [0.717, 1.165) is 5.56 Å². The third-order valence-electron chi connectivity index (χ3n) is 2.74. The Morgan fingerprint density at radius 3 is 2.35 bits per heavy atom. The normalized spacial score (nSPS) is 10.5. The molecule has 0 spiro atoms. The van der Waals surface area contributed by atoms with Crippen LogP contribution in [0.5, 0.6) is 5.75 Å². The Morgan fingerprint density at radius 2 is 1.74 bits per heavy atom.